The van der Waals surface area contributed by atoms with Gasteiger partial charge in [-0.1, -0.05) is 42.5 Å². The number of nitrogen functional groups attached to an aromatic ring is 2. The van der Waals surface area contributed by atoms with Crippen molar-refractivity contribution in [3.8, 4) is 11.1 Å². The Bertz CT molecular complexity index is 846. The number of nitrogens with two attached hydrogens (primary N) is 2. The molecule has 3 aromatic rings. The zero-order chi connectivity index (χ0) is 15.0. The van der Waals surface area contributed by atoms with Gasteiger partial charge in [-0.15, -0.1) is 0 Å². The Labute approximate surface area is 121 Å². The molecule has 5 heteroatoms. The molecular formula is C16H15N5. The number of benzene rings is 2. The second-order valence-electron chi connectivity index (χ2n) is 4.83. The number of aromatic amines is 1. The van der Waals surface area contributed by atoms with Gasteiger partial charge < -0.3 is 16.5 Å². The Balaban J connectivity index is 2.24. The normalized spacial score (nSPS) is 10.7. The van der Waals surface area contributed by atoms with E-state index < -0.39 is 0 Å². The van der Waals surface area contributed by atoms with Crippen molar-refractivity contribution in [2.45, 2.75) is 0 Å². The molecule has 1 heterocycles. The summed E-state index contributed by atoms with van der Waals surface area (Å²) in [5.74, 6) is -0.225. The van der Waals surface area contributed by atoms with Crippen molar-refractivity contribution in [3.05, 3.63) is 59.8 Å². The van der Waals surface area contributed by atoms with Crippen molar-refractivity contribution in [2.75, 3.05) is 0 Å². The van der Waals surface area contributed by atoms with Crippen LogP contribution >= 0.6 is 0 Å². The molecule has 0 spiro atoms. The van der Waals surface area contributed by atoms with E-state index in [0.717, 1.165) is 22.0 Å². The maximum Gasteiger partial charge on any atom is 0.140 e. The number of aromatic nitrogens is 1. The third-order valence-electron chi connectivity index (χ3n) is 3.44. The molecule has 1 aromatic heterocycles. The molecule has 0 aliphatic rings. The minimum Gasteiger partial charge on any atom is -0.384 e. The van der Waals surface area contributed by atoms with Crippen molar-refractivity contribution in [2.24, 2.45) is 11.5 Å². The molecule has 2 aromatic carbocycles. The molecular weight excluding hydrogens is 262 g/mol. The van der Waals surface area contributed by atoms with Crippen LogP contribution in [0.1, 0.15) is 11.3 Å². The lowest BCUT2D eigenvalue weighted by Crippen LogP contribution is -2.19. The predicted octanol–water partition coefficient (Wildman–Crippen LogP) is 2.40. The minimum absolute atomic E-state index is 0.0982. The summed E-state index contributed by atoms with van der Waals surface area (Å²) in [5.41, 5.74) is 15.0. The molecule has 7 N–H and O–H groups in total. The molecule has 0 fully saturated rings. The summed E-state index contributed by atoms with van der Waals surface area (Å²) in [5, 5.41) is 16.1. The van der Waals surface area contributed by atoms with Gasteiger partial charge in [0.05, 0.1) is 11.3 Å². The van der Waals surface area contributed by atoms with E-state index in [2.05, 4.69) is 4.98 Å². The fourth-order valence-electron chi connectivity index (χ4n) is 2.49. The van der Waals surface area contributed by atoms with E-state index in [-0.39, 0.29) is 11.7 Å². The fourth-order valence-corrected chi connectivity index (χ4v) is 2.49. The molecule has 0 aliphatic heterocycles. The van der Waals surface area contributed by atoms with Crippen LogP contribution in [-0.2, 0) is 0 Å². The van der Waals surface area contributed by atoms with Crippen molar-refractivity contribution in [1.29, 1.82) is 10.8 Å². The summed E-state index contributed by atoms with van der Waals surface area (Å²) in [6, 6.07) is 15.8. The zero-order valence-electron chi connectivity index (χ0n) is 11.3. The van der Waals surface area contributed by atoms with Gasteiger partial charge >= 0.3 is 0 Å². The SMILES string of the molecule is N=C(N)c1[nH]c2cc(-c3ccccc3)ccc2c1C(=N)N. The summed E-state index contributed by atoms with van der Waals surface area (Å²) >= 11 is 0. The third-order valence-corrected chi connectivity index (χ3v) is 3.44. The van der Waals surface area contributed by atoms with Crippen LogP contribution in [0.15, 0.2) is 48.5 Å². The maximum absolute atomic E-state index is 7.69. The molecule has 0 bridgehead atoms. The second-order valence-corrected chi connectivity index (χ2v) is 4.83. The second kappa shape index (κ2) is 4.79. The number of hydrogen-bond donors (Lipinski definition) is 5. The van der Waals surface area contributed by atoms with Gasteiger partial charge in [0.1, 0.15) is 11.7 Å². The standard InChI is InChI=1S/C16H15N5/c17-15(18)13-11-7-6-10(9-4-2-1-3-5-9)8-12(11)21-14(13)16(19)20/h1-8,21H,(H3,17,18)(H3,19,20). The van der Waals surface area contributed by atoms with Crippen LogP contribution in [0.25, 0.3) is 22.0 Å². The lowest BCUT2D eigenvalue weighted by Gasteiger charge is -2.02. The van der Waals surface area contributed by atoms with Gasteiger partial charge in [0, 0.05) is 10.9 Å². The van der Waals surface area contributed by atoms with Crippen LogP contribution in [0, 0.1) is 10.8 Å². The van der Waals surface area contributed by atoms with Gasteiger partial charge in [-0.2, -0.15) is 0 Å². The van der Waals surface area contributed by atoms with Gasteiger partial charge in [-0.25, -0.2) is 0 Å². The summed E-state index contributed by atoms with van der Waals surface area (Å²) < 4.78 is 0. The summed E-state index contributed by atoms with van der Waals surface area (Å²) in [6.45, 7) is 0. The highest BCUT2D eigenvalue weighted by molar-refractivity contribution is 6.16. The molecule has 0 saturated heterocycles. The number of nitrogens with one attached hydrogen (secondary N) is 3. The van der Waals surface area contributed by atoms with Crippen LogP contribution in [0.3, 0.4) is 0 Å². The summed E-state index contributed by atoms with van der Waals surface area (Å²) in [4.78, 5) is 3.08. The first-order valence-electron chi connectivity index (χ1n) is 6.48. The average Bonchev–Trinajstić information content (AvgIpc) is 2.87. The number of amidine groups is 2. The highest BCUT2D eigenvalue weighted by atomic mass is 14.8. The first-order valence-corrected chi connectivity index (χ1v) is 6.48. The monoisotopic (exact) mass is 277 g/mol. The predicted molar refractivity (Wildman–Crippen MR) is 85.8 cm³/mol. The number of hydrogen-bond acceptors (Lipinski definition) is 2. The molecule has 104 valence electrons. The van der Waals surface area contributed by atoms with E-state index in [4.69, 9.17) is 22.3 Å². The topological polar surface area (TPSA) is 116 Å². The molecule has 21 heavy (non-hydrogen) atoms. The zero-order valence-corrected chi connectivity index (χ0v) is 11.3. The van der Waals surface area contributed by atoms with Crippen molar-refractivity contribution in [1.82, 2.24) is 4.98 Å². The Morgan fingerprint density at radius 2 is 1.57 bits per heavy atom. The molecule has 0 saturated carbocycles. The van der Waals surface area contributed by atoms with Crippen LogP contribution in [0.5, 0.6) is 0 Å². The Hall–Kier alpha value is -3.08. The van der Waals surface area contributed by atoms with Crippen LogP contribution in [0.4, 0.5) is 0 Å². The van der Waals surface area contributed by atoms with Gasteiger partial charge in [0.25, 0.3) is 0 Å². The first kappa shape index (κ1) is 12.9. The van der Waals surface area contributed by atoms with E-state index in [9.17, 15) is 0 Å². The number of fused-ring (bicyclic) bond motifs is 1. The molecule has 0 unspecified atom stereocenters. The molecule has 0 atom stereocenters. The first-order chi connectivity index (χ1) is 10.1. The quantitative estimate of drug-likeness (QED) is 0.373. The average molecular weight is 277 g/mol. The summed E-state index contributed by atoms with van der Waals surface area (Å²) in [6.07, 6.45) is 0. The maximum atomic E-state index is 7.69. The number of rotatable bonds is 3. The van der Waals surface area contributed by atoms with Crippen LogP contribution in [-0.4, -0.2) is 16.7 Å². The van der Waals surface area contributed by atoms with Crippen LogP contribution in [0.2, 0.25) is 0 Å². The smallest absolute Gasteiger partial charge is 0.140 e. The van der Waals surface area contributed by atoms with Gasteiger partial charge in [-0.3, -0.25) is 10.8 Å². The highest BCUT2D eigenvalue weighted by Crippen LogP contribution is 2.27. The van der Waals surface area contributed by atoms with Crippen molar-refractivity contribution >= 4 is 22.6 Å². The van der Waals surface area contributed by atoms with Crippen LogP contribution < -0.4 is 11.5 Å². The third kappa shape index (κ3) is 2.14. The number of H-pyrrole nitrogens is 1. The molecule has 0 amide bonds. The van der Waals surface area contributed by atoms with Gasteiger partial charge in [-0.05, 0) is 17.2 Å². The lowest BCUT2D eigenvalue weighted by molar-refractivity contribution is 1.32. The van der Waals surface area contributed by atoms with E-state index in [1.54, 1.807) is 0 Å². The van der Waals surface area contributed by atoms with Gasteiger partial charge in [0.15, 0.2) is 0 Å². The molecule has 0 aliphatic carbocycles. The Morgan fingerprint density at radius 3 is 2.19 bits per heavy atom. The fraction of sp³-hybridized carbons (Fsp3) is 0. The molecule has 0 radical (unpaired) electrons. The molecule has 3 rings (SSSR count). The summed E-state index contributed by atoms with van der Waals surface area (Å²) in [7, 11) is 0. The van der Waals surface area contributed by atoms with E-state index in [0.29, 0.717) is 11.3 Å². The van der Waals surface area contributed by atoms with E-state index >= 15 is 0 Å². The minimum atomic E-state index is -0.127. The molecule has 5 nitrogen and oxygen atoms in total. The Morgan fingerprint density at radius 1 is 0.857 bits per heavy atom. The largest absolute Gasteiger partial charge is 0.384 e. The highest BCUT2D eigenvalue weighted by Gasteiger charge is 2.16. The van der Waals surface area contributed by atoms with E-state index in [1.807, 2.05) is 48.5 Å². The van der Waals surface area contributed by atoms with Crippen molar-refractivity contribution in [3.63, 3.8) is 0 Å². The van der Waals surface area contributed by atoms with E-state index in [1.165, 1.54) is 0 Å². The lowest BCUT2D eigenvalue weighted by atomic mass is 10.0. The Kier molecular flexibility index (Phi) is 2.95. The van der Waals surface area contributed by atoms with Gasteiger partial charge in [0.2, 0.25) is 0 Å². The van der Waals surface area contributed by atoms with Crippen molar-refractivity contribution < 1.29 is 0 Å².